The van der Waals surface area contributed by atoms with Crippen molar-refractivity contribution in [2.24, 2.45) is 0 Å². The van der Waals surface area contributed by atoms with Crippen LogP contribution in [0.1, 0.15) is 11.6 Å². The van der Waals surface area contributed by atoms with E-state index in [0.717, 1.165) is 5.69 Å². The SMILES string of the molecule is N#CC(Nc1ccc(Cl)cc1)c1ccc(F)c(Br)c1. The quantitative estimate of drug-likeness (QED) is 0.861. The number of hydrogen-bond donors (Lipinski definition) is 1. The first-order valence-corrected chi connectivity index (χ1v) is 6.64. The summed E-state index contributed by atoms with van der Waals surface area (Å²) in [5.74, 6) is -0.355. The van der Waals surface area contributed by atoms with Crippen molar-refractivity contribution < 1.29 is 4.39 Å². The van der Waals surface area contributed by atoms with Gasteiger partial charge in [-0.25, -0.2) is 4.39 Å². The summed E-state index contributed by atoms with van der Waals surface area (Å²) in [7, 11) is 0. The zero-order chi connectivity index (χ0) is 13.8. The van der Waals surface area contributed by atoms with Crippen molar-refractivity contribution in [2.75, 3.05) is 5.32 Å². The fourth-order valence-corrected chi connectivity index (χ4v) is 2.12. The Hall–Kier alpha value is -1.57. The molecule has 1 unspecified atom stereocenters. The van der Waals surface area contributed by atoms with Crippen LogP contribution in [-0.4, -0.2) is 0 Å². The van der Waals surface area contributed by atoms with Gasteiger partial charge < -0.3 is 5.32 Å². The van der Waals surface area contributed by atoms with Crippen LogP contribution < -0.4 is 5.32 Å². The average Bonchev–Trinajstić information content (AvgIpc) is 2.41. The largest absolute Gasteiger partial charge is 0.366 e. The van der Waals surface area contributed by atoms with E-state index in [1.165, 1.54) is 6.07 Å². The van der Waals surface area contributed by atoms with Crippen LogP contribution in [0, 0.1) is 17.1 Å². The van der Waals surface area contributed by atoms with Crippen LogP contribution >= 0.6 is 27.5 Å². The standard InChI is InChI=1S/C14H9BrClFN2/c15-12-7-9(1-6-13(12)17)14(8-18)19-11-4-2-10(16)3-5-11/h1-7,14,19H. The summed E-state index contributed by atoms with van der Waals surface area (Å²) in [6, 6.07) is 13.1. The highest BCUT2D eigenvalue weighted by Crippen LogP contribution is 2.24. The maximum absolute atomic E-state index is 13.2. The summed E-state index contributed by atoms with van der Waals surface area (Å²) in [5.41, 5.74) is 1.46. The number of nitrogens with one attached hydrogen (secondary N) is 1. The molecule has 0 aliphatic heterocycles. The lowest BCUT2D eigenvalue weighted by Gasteiger charge is -2.13. The molecule has 0 aromatic heterocycles. The molecule has 2 nitrogen and oxygen atoms in total. The first-order chi connectivity index (χ1) is 9.10. The Kier molecular flexibility index (Phi) is 4.41. The Morgan fingerprint density at radius 1 is 1.21 bits per heavy atom. The maximum atomic E-state index is 13.2. The summed E-state index contributed by atoms with van der Waals surface area (Å²) in [5, 5.41) is 12.9. The Morgan fingerprint density at radius 2 is 1.89 bits per heavy atom. The smallest absolute Gasteiger partial charge is 0.140 e. The van der Waals surface area contributed by atoms with Gasteiger partial charge in [0.15, 0.2) is 0 Å². The molecule has 2 aromatic rings. The fourth-order valence-electron chi connectivity index (χ4n) is 1.59. The zero-order valence-electron chi connectivity index (χ0n) is 9.70. The number of nitrogens with zero attached hydrogens (tertiary/aromatic N) is 1. The molecule has 0 amide bonds. The van der Waals surface area contributed by atoms with Crippen molar-refractivity contribution in [3.05, 3.63) is 63.3 Å². The van der Waals surface area contributed by atoms with Gasteiger partial charge in [0.25, 0.3) is 0 Å². The normalized spacial score (nSPS) is 11.7. The lowest BCUT2D eigenvalue weighted by Crippen LogP contribution is -2.08. The third-order valence-electron chi connectivity index (χ3n) is 2.56. The van der Waals surface area contributed by atoms with Crippen LogP contribution in [0.15, 0.2) is 46.9 Å². The molecule has 1 N–H and O–H groups in total. The molecular weight excluding hydrogens is 331 g/mol. The van der Waals surface area contributed by atoms with E-state index in [1.807, 2.05) is 0 Å². The third-order valence-corrected chi connectivity index (χ3v) is 3.42. The van der Waals surface area contributed by atoms with Crippen LogP contribution in [-0.2, 0) is 0 Å². The highest BCUT2D eigenvalue weighted by molar-refractivity contribution is 9.10. The van der Waals surface area contributed by atoms with Gasteiger partial charge in [0.05, 0.1) is 10.5 Å². The second-order valence-electron chi connectivity index (χ2n) is 3.89. The molecule has 1 atom stereocenters. The first kappa shape index (κ1) is 13.9. The molecule has 0 saturated carbocycles. The van der Waals surface area contributed by atoms with Gasteiger partial charge in [-0.2, -0.15) is 5.26 Å². The van der Waals surface area contributed by atoms with Gasteiger partial charge in [-0.1, -0.05) is 17.7 Å². The molecule has 5 heteroatoms. The zero-order valence-corrected chi connectivity index (χ0v) is 12.0. The molecule has 0 saturated heterocycles. The summed E-state index contributed by atoms with van der Waals surface area (Å²) in [4.78, 5) is 0. The fraction of sp³-hybridized carbons (Fsp3) is 0.0714. The van der Waals surface area contributed by atoms with E-state index >= 15 is 0 Å². The van der Waals surface area contributed by atoms with E-state index in [0.29, 0.717) is 15.1 Å². The number of nitriles is 1. The van der Waals surface area contributed by atoms with Gasteiger partial charge >= 0.3 is 0 Å². The van der Waals surface area contributed by atoms with Gasteiger partial charge in [-0.05, 0) is 57.9 Å². The van der Waals surface area contributed by atoms with Crippen LogP contribution in [0.3, 0.4) is 0 Å². The predicted octanol–water partition coefficient (Wildman–Crippen LogP) is 4.92. The number of rotatable bonds is 3. The van der Waals surface area contributed by atoms with E-state index in [4.69, 9.17) is 11.6 Å². The maximum Gasteiger partial charge on any atom is 0.140 e. The topological polar surface area (TPSA) is 35.8 Å². The van der Waals surface area contributed by atoms with Crippen LogP contribution in [0.5, 0.6) is 0 Å². The van der Waals surface area contributed by atoms with Crippen molar-refractivity contribution in [1.29, 1.82) is 5.26 Å². The minimum absolute atomic E-state index is 0.336. The molecular formula is C14H9BrClFN2. The molecule has 0 heterocycles. The summed E-state index contributed by atoms with van der Waals surface area (Å²) in [6.07, 6.45) is 0. The van der Waals surface area contributed by atoms with Gasteiger partial charge in [0, 0.05) is 10.7 Å². The van der Waals surface area contributed by atoms with E-state index < -0.39 is 6.04 Å². The number of benzene rings is 2. The van der Waals surface area contributed by atoms with Gasteiger partial charge in [0.1, 0.15) is 11.9 Å². The summed E-state index contributed by atoms with van der Waals surface area (Å²) in [6.45, 7) is 0. The lowest BCUT2D eigenvalue weighted by atomic mass is 10.1. The Bertz CT molecular complexity index is 622. The van der Waals surface area contributed by atoms with Crippen LogP contribution in [0.25, 0.3) is 0 Å². The highest BCUT2D eigenvalue weighted by atomic mass is 79.9. The Morgan fingerprint density at radius 3 is 2.47 bits per heavy atom. The molecule has 0 radical (unpaired) electrons. The number of halogens is 3. The van der Waals surface area contributed by atoms with Crippen molar-refractivity contribution in [3.63, 3.8) is 0 Å². The molecule has 0 bridgehead atoms. The summed E-state index contributed by atoms with van der Waals surface area (Å²) >= 11 is 8.91. The molecule has 2 aromatic carbocycles. The first-order valence-electron chi connectivity index (χ1n) is 5.47. The minimum Gasteiger partial charge on any atom is -0.366 e. The van der Waals surface area contributed by atoms with E-state index in [2.05, 4.69) is 27.3 Å². The van der Waals surface area contributed by atoms with Crippen molar-refractivity contribution >= 4 is 33.2 Å². The third kappa shape index (κ3) is 3.46. The molecule has 0 spiro atoms. The second-order valence-corrected chi connectivity index (χ2v) is 5.18. The van der Waals surface area contributed by atoms with Crippen molar-refractivity contribution in [3.8, 4) is 6.07 Å². The van der Waals surface area contributed by atoms with Gasteiger partial charge in [-0.3, -0.25) is 0 Å². The van der Waals surface area contributed by atoms with Crippen molar-refractivity contribution in [1.82, 2.24) is 0 Å². The van der Waals surface area contributed by atoms with Crippen LogP contribution in [0.2, 0.25) is 5.02 Å². The predicted molar refractivity (Wildman–Crippen MR) is 77.5 cm³/mol. The minimum atomic E-state index is -0.557. The molecule has 0 fully saturated rings. The molecule has 96 valence electrons. The van der Waals surface area contributed by atoms with Crippen LogP contribution in [0.4, 0.5) is 10.1 Å². The number of hydrogen-bond acceptors (Lipinski definition) is 2. The second kappa shape index (κ2) is 6.05. The molecule has 19 heavy (non-hydrogen) atoms. The van der Waals surface area contributed by atoms with Gasteiger partial charge in [0.2, 0.25) is 0 Å². The lowest BCUT2D eigenvalue weighted by molar-refractivity contribution is 0.620. The monoisotopic (exact) mass is 338 g/mol. The van der Waals surface area contributed by atoms with E-state index in [-0.39, 0.29) is 5.82 Å². The van der Waals surface area contributed by atoms with E-state index in [1.54, 1.807) is 36.4 Å². The van der Waals surface area contributed by atoms with Gasteiger partial charge in [-0.15, -0.1) is 0 Å². The molecule has 0 aliphatic rings. The van der Waals surface area contributed by atoms with Crippen molar-refractivity contribution in [2.45, 2.75) is 6.04 Å². The highest BCUT2D eigenvalue weighted by Gasteiger charge is 2.12. The summed E-state index contributed by atoms with van der Waals surface area (Å²) < 4.78 is 13.5. The Balaban J connectivity index is 2.23. The molecule has 2 rings (SSSR count). The average molecular weight is 340 g/mol. The van der Waals surface area contributed by atoms with E-state index in [9.17, 15) is 9.65 Å². The molecule has 0 aliphatic carbocycles. The Labute approximate surface area is 123 Å². The number of anilines is 1.